The topological polar surface area (TPSA) is 49.8 Å². The fourth-order valence-electron chi connectivity index (χ4n) is 1.70. The van der Waals surface area contributed by atoms with Gasteiger partial charge >= 0.3 is 5.97 Å². The van der Waals surface area contributed by atoms with Gasteiger partial charge in [0.1, 0.15) is 6.04 Å². The first-order valence-electron chi connectivity index (χ1n) is 4.69. The maximum atomic E-state index is 10.9. The Balaban J connectivity index is 2.67. The lowest BCUT2D eigenvalue weighted by molar-refractivity contribution is -0.147. The second-order valence-electron chi connectivity index (χ2n) is 4.10. The highest BCUT2D eigenvalue weighted by Crippen LogP contribution is 2.18. The lowest BCUT2D eigenvalue weighted by Gasteiger charge is -2.39. The molecule has 0 aromatic heterocycles. The van der Waals surface area contributed by atoms with Gasteiger partial charge in [0, 0.05) is 13.1 Å². The van der Waals surface area contributed by atoms with Crippen molar-refractivity contribution < 1.29 is 14.6 Å². The molecule has 1 aliphatic heterocycles. The highest BCUT2D eigenvalue weighted by atomic mass is 16.5. The molecule has 0 spiro atoms. The van der Waals surface area contributed by atoms with Crippen molar-refractivity contribution in [3.63, 3.8) is 0 Å². The lowest BCUT2D eigenvalue weighted by Crippen LogP contribution is -2.53. The molecule has 0 saturated carbocycles. The first-order chi connectivity index (χ1) is 6.46. The Labute approximate surface area is 84.2 Å². The third-order valence-electron chi connectivity index (χ3n) is 2.32. The van der Waals surface area contributed by atoms with Gasteiger partial charge in [0.2, 0.25) is 0 Å². The molecule has 0 aliphatic carbocycles. The third-order valence-corrected chi connectivity index (χ3v) is 2.32. The number of carbonyl (C=O) groups is 1. The van der Waals surface area contributed by atoms with Crippen LogP contribution in [0, 0.1) is 0 Å². The van der Waals surface area contributed by atoms with Gasteiger partial charge < -0.3 is 9.84 Å². The van der Waals surface area contributed by atoms with Gasteiger partial charge in [0.05, 0.1) is 12.2 Å². The summed E-state index contributed by atoms with van der Waals surface area (Å²) in [7, 11) is 0. The van der Waals surface area contributed by atoms with Gasteiger partial charge in [0.15, 0.2) is 0 Å². The van der Waals surface area contributed by atoms with Crippen LogP contribution in [0.25, 0.3) is 0 Å². The van der Waals surface area contributed by atoms with Gasteiger partial charge in [-0.25, -0.2) is 0 Å². The number of rotatable bonds is 3. The van der Waals surface area contributed by atoms with E-state index in [9.17, 15) is 4.79 Å². The van der Waals surface area contributed by atoms with Crippen LogP contribution in [-0.2, 0) is 9.53 Å². The predicted octanol–water partition coefficient (Wildman–Crippen LogP) is 0.736. The van der Waals surface area contributed by atoms with Crippen molar-refractivity contribution in [2.24, 2.45) is 0 Å². The quantitative estimate of drug-likeness (QED) is 0.681. The molecule has 1 saturated heterocycles. The number of nitrogens with zero attached hydrogens (tertiary/aromatic N) is 1. The van der Waals surface area contributed by atoms with Crippen LogP contribution in [-0.4, -0.2) is 47.3 Å². The van der Waals surface area contributed by atoms with E-state index in [0.29, 0.717) is 19.7 Å². The molecule has 1 heterocycles. The van der Waals surface area contributed by atoms with Crippen LogP contribution in [0.5, 0.6) is 0 Å². The molecular formula is C10H17NO3. The zero-order valence-electron chi connectivity index (χ0n) is 8.69. The summed E-state index contributed by atoms with van der Waals surface area (Å²) in [5, 5.41) is 8.94. The number of carboxylic acid groups (broad SMARTS) is 1. The van der Waals surface area contributed by atoms with Crippen LogP contribution in [0.2, 0.25) is 0 Å². The normalized spacial score (nSPS) is 24.1. The number of carboxylic acids is 1. The van der Waals surface area contributed by atoms with Gasteiger partial charge in [-0.2, -0.15) is 0 Å². The molecule has 0 amide bonds. The fourth-order valence-corrected chi connectivity index (χ4v) is 1.70. The van der Waals surface area contributed by atoms with Crippen molar-refractivity contribution in [2.45, 2.75) is 25.5 Å². The summed E-state index contributed by atoms with van der Waals surface area (Å²) in [5.41, 5.74) is -0.269. The minimum atomic E-state index is -0.849. The Bertz CT molecular complexity index is 238. The molecule has 4 heteroatoms. The van der Waals surface area contributed by atoms with Gasteiger partial charge in [-0.15, -0.1) is 6.58 Å². The van der Waals surface area contributed by atoms with Crippen LogP contribution in [0.15, 0.2) is 12.7 Å². The van der Waals surface area contributed by atoms with Crippen molar-refractivity contribution in [3.05, 3.63) is 12.7 Å². The van der Waals surface area contributed by atoms with Crippen molar-refractivity contribution >= 4 is 5.97 Å². The van der Waals surface area contributed by atoms with Crippen LogP contribution in [0.1, 0.15) is 13.8 Å². The summed E-state index contributed by atoms with van der Waals surface area (Å²) in [5.74, 6) is -0.849. The molecule has 1 aliphatic rings. The largest absolute Gasteiger partial charge is 0.480 e. The second kappa shape index (κ2) is 4.11. The summed E-state index contributed by atoms with van der Waals surface area (Å²) in [6.45, 7) is 9.30. The van der Waals surface area contributed by atoms with Crippen molar-refractivity contribution in [2.75, 3.05) is 19.7 Å². The van der Waals surface area contributed by atoms with Crippen molar-refractivity contribution in [3.8, 4) is 0 Å². The molecule has 1 unspecified atom stereocenters. The molecule has 0 aromatic carbocycles. The first-order valence-corrected chi connectivity index (χ1v) is 4.69. The Morgan fingerprint density at radius 1 is 1.71 bits per heavy atom. The van der Waals surface area contributed by atoms with Crippen molar-refractivity contribution in [1.82, 2.24) is 4.90 Å². The van der Waals surface area contributed by atoms with Gasteiger partial charge in [0.25, 0.3) is 0 Å². The zero-order chi connectivity index (χ0) is 10.8. The minimum Gasteiger partial charge on any atom is -0.480 e. The number of hydrogen-bond acceptors (Lipinski definition) is 3. The summed E-state index contributed by atoms with van der Waals surface area (Å²) in [6.07, 6.45) is 1.46. The standard InChI is InChI=1S/C10H17NO3/c1-4-8(9(12)13)11-5-6-14-10(2,3)7-11/h4,8H,1,5-7H2,2-3H3,(H,12,13). The smallest absolute Gasteiger partial charge is 0.324 e. The van der Waals surface area contributed by atoms with Crippen molar-refractivity contribution in [1.29, 1.82) is 0 Å². The lowest BCUT2D eigenvalue weighted by atomic mass is 10.1. The molecule has 4 nitrogen and oxygen atoms in total. The number of ether oxygens (including phenoxy) is 1. The van der Waals surface area contributed by atoms with E-state index in [1.807, 2.05) is 18.7 Å². The number of hydrogen-bond donors (Lipinski definition) is 1. The van der Waals surface area contributed by atoms with Gasteiger partial charge in [-0.1, -0.05) is 6.08 Å². The molecule has 1 fully saturated rings. The van der Waals surface area contributed by atoms with Crippen LogP contribution >= 0.6 is 0 Å². The molecule has 0 bridgehead atoms. The second-order valence-corrected chi connectivity index (χ2v) is 4.10. The monoisotopic (exact) mass is 199 g/mol. The van der Waals surface area contributed by atoms with E-state index in [4.69, 9.17) is 9.84 Å². The molecule has 0 radical (unpaired) electrons. The highest BCUT2D eigenvalue weighted by Gasteiger charge is 2.32. The van der Waals surface area contributed by atoms with E-state index < -0.39 is 12.0 Å². The Hall–Kier alpha value is -0.870. The summed E-state index contributed by atoms with van der Waals surface area (Å²) in [6, 6.07) is -0.599. The maximum absolute atomic E-state index is 10.9. The molecule has 14 heavy (non-hydrogen) atoms. The molecule has 80 valence electrons. The van der Waals surface area contributed by atoms with E-state index in [-0.39, 0.29) is 5.60 Å². The molecular weight excluding hydrogens is 182 g/mol. The average Bonchev–Trinajstić information content (AvgIpc) is 2.02. The van der Waals surface area contributed by atoms with Crippen LogP contribution in [0.3, 0.4) is 0 Å². The first kappa shape index (κ1) is 11.2. The Morgan fingerprint density at radius 2 is 2.36 bits per heavy atom. The van der Waals surface area contributed by atoms with E-state index in [2.05, 4.69) is 6.58 Å². The van der Waals surface area contributed by atoms with E-state index in [0.717, 1.165) is 0 Å². The predicted molar refractivity (Wildman–Crippen MR) is 53.2 cm³/mol. The molecule has 1 rings (SSSR count). The van der Waals surface area contributed by atoms with Gasteiger partial charge in [-0.05, 0) is 13.8 Å². The van der Waals surface area contributed by atoms with E-state index in [1.165, 1.54) is 6.08 Å². The van der Waals surface area contributed by atoms with E-state index in [1.54, 1.807) is 0 Å². The summed E-state index contributed by atoms with van der Waals surface area (Å²) < 4.78 is 5.50. The average molecular weight is 199 g/mol. The van der Waals surface area contributed by atoms with Crippen LogP contribution in [0.4, 0.5) is 0 Å². The summed E-state index contributed by atoms with van der Waals surface area (Å²) >= 11 is 0. The summed E-state index contributed by atoms with van der Waals surface area (Å²) in [4.78, 5) is 12.8. The maximum Gasteiger partial charge on any atom is 0.324 e. The van der Waals surface area contributed by atoms with Crippen LogP contribution < -0.4 is 0 Å². The molecule has 1 N–H and O–H groups in total. The zero-order valence-corrected chi connectivity index (χ0v) is 8.69. The molecule has 1 atom stereocenters. The minimum absolute atomic E-state index is 0.269. The Kier molecular flexibility index (Phi) is 3.29. The fraction of sp³-hybridized carbons (Fsp3) is 0.700. The van der Waals surface area contributed by atoms with E-state index >= 15 is 0 Å². The third kappa shape index (κ3) is 2.56. The number of aliphatic carboxylic acids is 1. The van der Waals surface area contributed by atoms with Gasteiger partial charge in [-0.3, -0.25) is 9.69 Å². The SMILES string of the molecule is C=CC(C(=O)O)N1CCOC(C)(C)C1. The number of morpholine rings is 1. The Morgan fingerprint density at radius 3 is 2.79 bits per heavy atom. The highest BCUT2D eigenvalue weighted by molar-refractivity contribution is 5.75. The molecule has 0 aromatic rings.